The molecule has 0 saturated carbocycles. The Labute approximate surface area is 177 Å². The highest BCUT2D eigenvalue weighted by molar-refractivity contribution is 5.47. The van der Waals surface area contributed by atoms with E-state index in [2.05, 4.69) is 47.3 Å². The van der Waals surface area contributed by atoms with E-state index in [0.717, 1.165) is 24.1 Å². The summed E-state index contributed by atoms with van der Waals surface area (Å²) in [6.07, 6.45) is 18.0. The predicted octanol–water partition coefficient (Wildman–Crippen LogP) is 4.30. The molecule has 156 valence electrons. The maximum absolute atomic E-state index is 12.5. The van der Waals surface area contributed by atoms with E-state index in [-0.39, 0.29) is 11.3 Å². The van der Waals surface area contributed by atoms with Gasteiger partial charge in [0.2, 0.25) is 5.95 Å². The van der Waals surface area contributed by atoms with Crippen LogP contribution in [0.5, 0.6) is 0 Å². The van der Waals surface area contributed by atoms with Gasteiger partial charge < -0.3 is 15.7 Å². The van der Waals surface area contributed by atoms with E-state index in [9.17, 15) is 9.90 Å². The highest BCUT2D eigenvalue weighted by atomic mass is 16.3. The molecule has 0 amide bonds. The Morgan fingerprint density at radius 1 is 1.27 bits per heavy atom. The van der Waals surface area contributed by atoms with Crippen molar-refractivity contribution in [2.45, 2.75) is 32.7 Å². The molecule has 1 aromatic heterocycles. The first-order chi connectivity index (χ1) is 14.4. The van der Waals surface area contributed by atoms with Crippen molar-refractivity contribution in [2.24, 2.45) is 7.05 Å². The van der Waals surface area contributed by atoms with Gasteiger partial charge in [0.05, 0.1) is 12.2 Å². The molecule has 30 heavy (non-hydrogen) atoms. The van der Waals surface area contributed by atoms with Gasteiger partial charge in [0.1, 0.15) is 5.76 Å². The number of aromatic nitrogens is 2. The SMILES string of the molecule is C=C(Nc1nc(CNC2=C/C=C/CC/C=C\2C)cc(=O)n1C)C1=CC=C(O)C=CC1. The van der Waals surface area contributed by atoms with Gasteiger partial charge in [0.25, 0.3) is 5.56 Å². The van der Waals surface area contributed by atoms with Crippen molar-refractivity contribution < 1.29 is 5.11 Å². The van der Waals surface area contributed by atoms with Gasteiger partial charge in [-0.2, -0.15) is 0 Å². The minimum Gasteiger partial charge on any atom is -0.508 e. The van der Waals surface area contributed by atoms with Gasteiger partial charge >= 0.3 is 0 Å². The summed E-state index contributed by atoms with van der Waals surface area (Å²) in [6, 6.07) is 1.54. The maximum atomic E-state index is 12.5. The summed E-state index contributed by atoms with van der Waals surface area (Å²) >= 11 is 0. The Kier molecular flexibility index (Phi) is 6.91. The molecule has 3 rings (SSSR count). The second kappa shape index (κ2) is 9.78. The van der Waals surface area contributed by atoms with Crippen LogP contribution in [0, 0.1) is 0 Å². The lowest BCUT2D eigenvalue weighted by Gasteiger charge is -2.16. The number of anilines is 1. The zero-order valence-corrected chi connectivity index (χ0v) is 17.5. The molecule has 3 N–H and O–H groups in total. The monoisotopic (exact) mass is 404 g/mol. The molecule has 6 nitrogen and oxygen atoms in total. The number of allylic oxidation sites excluding steroid dienone is 10. The van der Waals surface area contributed by atoms with Gasteiger partial charge in [0.15, 0.2) is 0 Å². The Morgan fingerprint density at radius 2 is 2.10 bits per heavy atom. The Bertz CT molecular complexity index is 1070. The van der Waals surface area contributed by atoms with E-state index in [1.807, 2.05) is 12.2 Å². The quantitative estimate of drug-likeness (QED) is 0.659. The first kappa shape index (κ1) is 21.2. The molecule has 2 aliphatic rings. The average Bonchev–Trinajstić information content (AvgIpc) is 2.92. The summed E-state index contributed by atoms with van der Waals surface area (Å²) in [7, 11) is 1.67. The molecular formula is C24H28N4O2. The molecule has 0 radical (unpaired) electrons. The van der Waals surface area contributed by atoms with Gasteiger partial charge in [-0.15, -0.1) is 0 Å². The van der Waals surface area contributed by atoms with E-state index in [4.69, 9.17) is 0 Å². The second-order valence-electron chi connectivity index (χ2n) is 7.29. The van der Waals surface area contributed by atoms with Gasteiger partial charge in [-0.3, -0.25) is 9.36 Å². The Hall–Kier alpha value is -3.54. The molecule has 0 aromatic carbocycles. The molecule has 6 heteroatoms. The topological polar surface area (TPSA) is 79.2 Å². The summed E-state index contributed by atoms with van der Waals surface area (Å²) < 4.78 is 1.46. The van der Waals surface area contributed by atoms with Crippen LogP contribution in [0.25, 0.3) is 0 Å². The molecule has 0 fully saturated rings. The lowest BCUT2D eigenvalue weighted by molar-refractivity contribution is 0.432. The second-order valence-corrected chi connectivity index (χ2v) is 7.29. The Balaban J connectivity index is 1.76. The summed E-state index contributed by atoms with van der Waals surface area (Å²) in [6.45, 7) is 6.58. The molecule has 0 saturated heterocycles. The highest BCUT2D eigenvalue weighted by Crippen LogP contribution is 2.19. The van der Waals surface area contributed by atoms with Crippen molar-refractivity contribution in [1.29, 1.82) is 0 Å². The van der Waals surface area contributed by atoms with Crippen LogP contribution in [0.15, 0.2) is 94.3 Å². The van der Waals surface area contributed by atoms with Crippen LogP contribution in [0.2, 0.25) is 0 Å². The smallest absolute Gasteiger partial charge is 0.254 e. The first-order valence-electron chi connectivity index (χ1n) is 10.0. The fraction of sp³-hybridized carbons (Fsp3) is 0.250. The molecule has 0 aliphatic heterocycles. The predicted molar refractivity (Wildman–Crippen MR) is 122 cm³/mol. The molecular weight excluding hydrogens is 376 g/mol. The van der Waals surface area contributed by atoms with Crippen LogP contribution in [-0.4, -0.2) is 14.7 Å². The lowest BCUT2D eigenvalue weighted by Crippen LogP contribution is -2.25. The molecule has 1 heterocycles. The summed E-state index contributed by atoms with van der Waals surface area (Å²) in [5, 5.41) is 16.1. The van der Waals surface area contributed by atoms with E-state index in [1.54, 1.807) is 25.3 Å². The number of hydrogen-bond acceptors (Lipinski definition) is 5. The minimum atomic E-state index is -0.150. The summed E-state index contributed by atoms with van der Waals surface area (Å²) in [5.41, 5.74) is 4.22. The molecule has 0 unspecified atom stereocenters. The third-order valence-electron chi connectivity index (χ3n) is 4.99. The zero-order valence-electron chi connectivity index (χ0n) is 17.5. The van der Waals surface area contributed by atoms with Crippen molar-refractivity contribution >= 4 is 5.95 Å². The molecule has 2 aliphatic carbocycles. The van der Waals surface area contributed by atoms with Crippen molar-refractivity contribution in [1.82, 2.24) is 14.9 Å². The Morgan fingerprint density at radius 3 is 2.93 bits per heavy atom. The van der Waals surface area contributed by atoms with Gasteiger partial charge in [-0.05, 0) is 55.6 Å². The van der Waals surface area contributed by atoms with Crippen LogP contribution >= 0.6 is 0 Å². The largest absolute Gasteiger partial charge is 0.508 e. The van der Waals surface area contributed by atoms with E-state index >= 15 is 0 Å². The van der Waals surface area contributed by atoms with Crippen LogP contribution in [0.4, 0.5) is 5.95 Å². The van der Waals surface area contributed by atoms with E-state index < -0.39 is 0 Å². The molecule has 0 atom stereocenters. The number of aliphatic hydroxyl groups excluding tert-OH is 1. The fourth-order valence-electron chi connectivity index (χ4n) is 3.13. The minimum absolute atomic E-state index is 0.150. The van der Waals surface area contributed by atoms with Crippen molar-refractivity contribution in [3.05, 3.63) is 106 Å². The standard InChI is InChI=1S/C24H28N4O2/c1-17-9-6-4-5-7-12-22(17)25-16-20-15-23(30)28(3)24(27-20)26-18(2)19-10-8-11-21(29)14-13-19/h5,7-9,11-15,25,29H,2,4,6,10,16H2,1,3H3,(H,26,27)/b7-5+,17-9-,22-12+. The van der Waals surface area contributed by atoms with Gasteiger partial charge in [-0.1, -0.05) is 37.0 Å². The van der Waals surface area contributed by atoms with Gasteiger partial charge in [0, 0.05) is 24.5 Å². The van der Waals surface area contributed by atoms with Crippen LogP contribution in [-0.2, 0) is 13.6 Å². The molecule has 1 aromatic rings. The number of aliphatic hydroxyl groups is 1. The van der Waals surface area contributed by atoms with Crippen molar-refractivity contribution in [3.8, 4) is 0 Å². The van der Waals surface area contributed by atoms with E-state index in [1.165, 1.54) is 16.2 Å². The lowest BCUT2D eigenvalue weighted by atomic mass is 10.1. The van der Waals surface area contributed by atoms with Crippen molar-refractivity contribution in [2.75, 3.05) is 5.32 Å². The number of hydrogen-bond donors (Lipinski definition) is 3. The number of rotatable bonds is 6. The third-order valence-corrected chi connectivity index (χ3v) is 4.99. The normalized spacial score (nSPS) is 20.9. The number of nitrogens with one attached hydrogen (secondary N) is 2. The highest BCUT2D eigenvalue weighted by Gasteiger charge is 2.10. The first-order valence-corrected chi connectivity index (χ1v) is 10.0. The maximum Gasteiger partial charge on any atom is 0.254 e. The fourth-order valence-corrected chi connectivity index (χ4v) is 3.13. The number of nitrogens with zero attached hydrogens (tertiary/aromatic N) is 2. The van der Waals surface area contributed by atoms with Crippen LogP contribution in [0.1, 0.15) is 31.9 Å². The van der Waals surface area contributed by atoms with Gasteiger partial charge in [-0.25, -0.2) is 4.98 Å². The summed E-state index contributed by atoms with van der Waals surface area (Å²) in [4.78, 5) is 17.1. The third kappa shape index (κ3) is 5.50. The molecule has 0 spiro atoms. The van der Waals surface area contributed by atoms with E-state index in [0.29, 0.717) is 30.3 Å². The zero-order chi connectivity index (χ0) is 21.5. The average molecular weight is 405 g/mol. The van der Waals surface area contributed by atoms with Crippen LogP contribution in [0.3, 0.4) is 0 Å². The molecule has 0 bridgehead atoms. The summed E-state index contributed by atoms with van der Waals surface area (Å²) in [5.74, 6) is 0.615. The van der Waals surface area contributed by atoms with Crippen molar-refractivity contribution in [3.63, 3.8) is 0 Å². The van der Waals surface area contributed by atoms with Crippen LogP contribution < -0.4 is 16.2 Å².